The summed E-state index contributed by atoms with van der Waals surface area (Å²) in [6, 6.07) is 1.68. The van der Waals surface area contributed by atoms with E-state index < -0.39 is 12.6 Å². The van der Waals surface area contributed by atoms with E-state index in [1.165, 1.54) is 10.9 Å². The topological polar surface area (TPSA) is 27.1 Å². The minimum atomic E-state index is -4.15. The van der Waals surface area contributed by atoms with Crippen molar-refractivity contribution in [2.75, 3.05) is 6.61 Å². The number of alkyl halides is 3. The lowest BCUT2D eigenvalue weighted by atomic mass is 10.3. The van der Waals surface area contributed by atoms with Gasteiger partial charge in [0.05, 0.1) is 18.7 Å². The number of nitrogens with zero attached hydrogens (tertiary/aromatic N) is 2. The van der Waals surface area contributed by atoms with Crippen LogP contribution in [-0.4, -0.2) is 22.6 Å². The molecule has 0 saturated heterocycles. The largest absolute Gasteiger partial charge is 0.390 e. The Balaban J connectivity index is 2.37. The standard InChI is InChI=1S/C11H17F3N2O/c1-2-3-8-17-9-10-4-6-15-16(10)7-5-11(12,13)14/h4,6H,2-3,5,7-9H2,1H3. The molecule has 1 aromatic rings. The molecule has 3 nitrogen and oxygen atoms in total. The highest BCUT2D eigenvalue weighted by atomic mass is 19.4. The Labute approximate surface area is 98.6 Å². The Morgan fingerprint density at radius 3 is 2.82 bits per heavy atom. The molecule has 0 N–H and O–H groups in total. The molecular formula is C11H17F3N2O. The summed E-state index contributed by atoms with van der Waals surface area (Å²) in [5.41, 5.74) is 0.686. The van der Waals surface area contributed by atoms with Crippen LogP contribution in [0.3, 0.4) is 0 Å². The van der Waals surface area contributed by atoms with E-state index in [0.29, 0.717) is 18.9 Å². The Hall–Kier alpha value is -1.04. The highest BCUT2D eigenvalue weighted by Gasteiger charge is 2.27. The molecule has 6 heteroatoms. The molecule has 0 saturated carbocycles. The van der Waals surface area contributed by atoms with Gasteiger partial charge < -0.3 is 4.74 Å². The maximum Gasteiger partial charge on any atom is 0.390 e. The summed E-state index contributed by atoms with van der Waals surface area (Å²) in [5.74, 6) is 0. The molecule has 0 aliphatic rings. The second kappa shape index (κ2) is 6.64. The third kappa shape index (κ3) is 5.72. The van der Waals surface area contributed by atoms with E-state index in [-0.39, 0.29) is 6.54 Å². The summed E-state index contributed by atoms with van der Waals surface area (Å²) in [5, 5.41) is 3.85. The van der Waals surface area contributed by atoms with Crippen LogP contribution in [-0.2, 0) is 17.9 Å². The van der Waals surface area contributed by atoms with Gasteiger partial charge in [-0.25, -0.2) is 0 Å². The Kier molecular flexibility index (Phi) is 5.47. The second-order valence-electron chi connectivity index (χ2n) is 3.82. The molecule has 0 bridgehead atoms. The average Bonchev–Trinajstić information content (AvgIpc) is 2.68. The highest BCUT2D eigenvalue weighted by molar-refractivity contribution is 4.98. The van der Waals surface area contributed by atoms with Crippen LogP contribution in [0, 0.1) is 0 Å². The predicted octanol–water partition coefficient (Wildman–Crippen LogP) is 3.15. The molecule has 0 aliphatic heterocycles. The van der Waals surface area contributed by atoms with Gasteiger partial charge in [0.2, 0.25) is 0 Å². The molecule has 0 aromatic carbocycles. The SMILES string of the molecule is CCCCOCc1ccnn1CCC(F)(F)F. The summed E-state index contributed by atoms with van der Waals surface area (Å²) in [6.07, 6.45) is -1.53. The normalized spacial score (nSPS) is 12.0. The molecule has 0 spiro atoms. The fourth-order valence-electron chi connectivity index (χ4n) is 1.34. The lowest BCUT2D eigenvalue weighted by Gasteiger charge is -2.10. The van der Waals surface area contributed by atoms with Crippen molar-refractivity contribution >= 4 is 0 Å². The minimum absolute atomic E-state index is 0.150. The van der Waals surface area contributed by atoms with Gasteiger partial charge in [-0.1, -0.05) is 13.3 Å². The van der Waals surface area contributed by atoms with Crippen molar-refractivity contribution < 1.29 is 17.9 Å². The summed E-state index contributed by atoms with van der Waals surface area (Å²) in [6.45, 7) is 2.85. The van der Waals surface area contributed by atoms with Gasteiger partial charge in [-0.15, -0.1) is 0 Å². The molecule has 0 unspecified atom stereocenters. The fourth-order valence-corrected chi connectivity index (χ4v) is 1.34. The first-order chi connectivity index (χ1) is 8.03. The number of hydrogen-bond acceptors (Lipinski definition) is 2. The van der Waals surface area contributed by atoms with E-state index in [2.05, 4.69) is 12.0 Å². The van der Waals surface area contributed by atoms with Gasteiger partial charge in [0.25, 0.3) is 0 Å². The molecule has 98 valence electrons. The predicted molar refractivity (Wildman–Crippen MR) is 57.5 cm³/mol. The van der Waals surface area contributed by atoms with Crippen molar-refractivity contribution in [2.45, 2.75) is 45.5 Å². The van der Waals surface area contributed by atoms with Crippen LogP contribution in [0.2, 0.25) is 0 Å². The molecule has 1 aromatic heterocycles. The van der Waals surface area contributed by atoms with Crippen LogP contribution in [0.15, 0.2) is 12.3 Å². The van der Waals surface area contributed by atoms with Crippen LogP contribution in [0.4, 0.5) is 13.2 Å². The third-order valence-electron chi connectivity index (χ3n) is 2.30. The van der Waals surface area contributed by atoms with Crippen LogP contribution < -0.4 is 0 Å². The van der Waals surface area contributed by atoms with Crippen LogP contribution >= 0.6 is 0 Å². The Bertz CT molecular complexity index is 323. The van der Waals surface area contributed by atoms with E-state index in [1.807, 2.05) is 0 Å². The molecule has 0 amide bonds. The summed E-state index contributed by atoms with van der Waals surface area (Å²) in [4.78, 5) is 0. The number of unbranched alkanes of at least 4 members (excludes halogenated alkanes) is 1. The zero-order chi connectivity index (χ0) is 12.7. The molecule has 0 atom stereocenters. The smallest absolute Gasteiger partial charge is 0.375 e. The van der Waals surface area contributed by atoms with Gasteiger partial charge in [0.1, 0.15) is 0 Å². The average molecular weight is 250 g/mol. The van der Waals surface area contributed by atoms with Gasteiger partial charge in [-0.3, -0.25) is 4.68 Å². The minimum Gasteiger partial charge on any atom is -0.375 e. The van der Waals surface area contributed by atoms with Crippen LogP contribution in [0.5, 0.6) is 0 Å². The van der Waals surface area contributed by atoms with E-state index in [1.54, 1.807) is 6.07 Å². The molecule has 17 heavy (non-hydrogen) atoms. The van der Waals surface area contributed by atoms with E-state index in [0.717, 1.165) is 12.8 Å². The van der Waals surface area contributed by atoms with Gasteiger partial charge >= 0.3 is 6.18 Å². The zero-order valence-corrected chi connectivity index (χ0v) is 9.83. The monoisotopic (exact) mass is 250 g/mol. The summed E-state index contributed by atoms with van der Waals surface area (Å²) >= 11 is 0. The number of halogens is 3. The lowest BCUT2D eigenvalue weighted by Crippen LogP contribution is -2.15. The van der Waals surface area contributed by atoms with Crippen molar-refractivity contribution in [1.29, 1.82) is 0 Å². The maximum atomic E-state index is 12.1. The number of hydrogen-bond donors (Lipinski definition) is 0. The number of aryl methyl sites for hydroxylation is 1. The van der Waals surface area contributed by atoms with Gasteiger partial charge in [0.15, 0.2) is 0 Å². The Morgan fingerprint density at radius 1 is 1.41 bits per heavy atom. The first-order valence-corrected chi connectivity index (χ1v) is 5.68. The lowest BCUT2D eigenvalue weighted by molar-refractivity contribution is -0.137. The molecule has 1 rings (SSSR count). The number of rotatable bonds is 7. The summed E-state index contributed by atoms with van der Waals surface area (Å²) < 4.78 is 42.9. The number of aromatic nitrogens is 2. The zero-order valence-electron chi connectivity index (χ0n) is 9.83. The molecule has 0 radical (unpaired) electrons. The van der Waals surface area contributed by atoms with Crippen molar-refractivity contribution in [1.82, 2.24) is 9.78 Å². The van der Waals surface area contributed by atoms with Crippen molar-refractivity contribution in [2.24, 2.45) is 0 Å². The van der Waals surface area contributed by atoms with Crippen LogP contribution in [0.25, 0.3) is 0 Å². The highest BCUT2D eigenvalue weighted by Crippen LogP contribution is 2.20. The number of ether oxygens (including phenoxy) is 1. The van der Waals surface area contributed by atoms with E-state index >= 15 is 0 Å². The van der Waals surface area contributed by atoms with Crippen molar-refractivity contribution in [3.63, 3.8) is 0 Å². The molecule has 0 fully saturated rings. The van der Waals surface area contributed by atoms with E-state index in [9.17, 15) is 13.2 Å². The van der Waals surface area contributed by atoms with Gasteiger partial charge in [0, 0.05) is 19.3 Å². The fraction of sp³-hybridized carbons (Fsp3) is 0.727. The maximum absolute atomic E-state index is 12.1. The van der Waals surface area contributed by atoms with Gasteiger partial charge in [-0.2, -0.15) is 18.3 Å². The van der Waals surface area contributed by atoms with Crippen molar-refractivity contribution in [3.05, 3.63) is 18.0 Å². The summed E-state index contributed by atoms with van der Waals surface area (Å²) in [7, 11) is 0. The first kappa shape index (κ1) is 14.0. The van der Waals surface area contributed by atoms with Gasteiger partial charge in [-0.05, 0) is 12.5 Å². The van der Waals surface area contributed by atoms with E-state index in [4.69, 9.17) is 4.74 Å². The Morgan fingerprint density at radius 2 is 2.18 bits per heavy atom. The third-order valence-corrected chi connectivity index (χ3v) is 2.30. The second-order valence-corrected chi connectivity index (χ2v) is 3.82. The molecule has 1 heterocycles. The van der Waals surface area contributed by atoms with Crippen molar-refractivity contribution in [3.8, 4) is 0 Å². The molecular weight excluding hydrogens is 233 g/mol. The molecule has 0 aliphatic carbocycles. The van der Waals surface area contributed by atoms with Crippen LogP contribution in [0.1, 0.15) is 31.9 Å². The first-order valence-electron chi connectivity index (χ1n) is 5.68. The quantitative estimate of drug-likeness (QED) is 0.695.